The predicted octanol–water partition coefficient (Wildman–Crippen LogP) is 8.30. The van der Waals surface area contributed by atoms with E-state index in [1.165, 1.54) is 12.1 Å². The first kappa shape index (κ1) is 27.5. The summed E-state index contributed by atoms with van der Waals surface area (Å²) in [6.07, 6.45) is -3.05. The van der Waals surface area contributed by atoms with E-state index in [4.69, 9.17) is 14.4 Å². The molecule has 0 aliphatic rings. The monoisotopic (exact) mass is 511 g/mol. The van der Waals surface area contributed by atoms with Crippen LogP contribution in [0.3, 0.4) is 0 Å². The molecule has 1 aromatic heterocycles. The number of aromatic nitrogens is 1. The Hall–Kier alpha value is -3.10. The van der Waals surface area contributed by atoms with Crippen LogP contribution in [-0.2, 0) is 10.6 Å². The van der Waals surface area contributed by atoms with Gasteiger partial charge in [-0.05, 0) is 82.2 Å². The van der Waals surface area contributed by atoms with E-state index in [1.54, 1.807) is 19.1 Å². The summed E-state index contributed by atoms with van der Waals surface area (Å²) in [5.74, 6) is 0. The van der Waals surface area contributed by atoms with Crippen LogP contribution < -0.4 is 0 Å². The van der Waals surface area contributed by atoms with E-state index in [9.17, 15) is 13.2 Å². The fourth-order valence-electron chi connectivity index (χ4n) is 3.54. The van der Waals surface area contributed by atoms with Crippen molar-refractivity contribution in [3.63, 3.8) is 0 Å². The normalized spacial score (nSPS) is 13.2. The molecule has 0 aliphatic heterocycles. The summed E-state index contributed by atoms with van der Waals surface area (Å²) in [7, 11) is -1.62. The lowest BCUT2D eigenvalue weighted by Gasteiger charge is -2.17. The van der Waals surface area contributed by atoms with Crippen LogP contribution in [0.1, 0.15) is 42.3 Å². The minimum Gasteiger partial charge on any atom is -0.418 e. The molecule has 0 radical (unpaired) electrons. The largest absolute Gasteiger partial charge is 0.418 e. The average Bonchev–Trinajstić information content (AvgIpc) is 2.81. The number of pyridine rings is 1. The first-order valence-corrected chi connectivity index (χ1v) is 15.3. The number of halogens is 3. The zero-order valence-electron chi connectivity index (χ0n) is 21.4. The van der Waals surface area contributed by atoms with Gasteiger partial charge in [0.05, 0.1) is 39.7 Å². The van der Waals surface area contributed by atoms with E-state index in [0.717, 1.165) is 29.4 Å². The fourth-order valence-corrected chi connectivity index (χ4v) is 4.30. The van der Waals surface area contributed by atoms with Crippen LogP contribution in [0.2, 0.25) is 19.6 Å². The van der Waals surface area contributed by atoms with Crippen molar-refractivity contribution < 1.29 is 17.6 Å². The van der Waals surface area contributed by atoms with Crippen LogP contribution in [0, 0.1) is 6.92 Å². The van der Waals surface area contributed by atoms with Gasteiger partial charge in [0.2, 0.25) is 0 Å². The molecular formula is C28H32F3N3OSi. The maximum absolute atomic E-state index is 13.4. The zero-order valence-corrected chi connectivity index (χ0v) is 22.4. The molecule has 0 spiro atoms. The highest BCUT2D eigenvalue weighted by molar-refractivity contribution is 6.69. The Labute approximate surface area is 212 Å². The second-order valence-electron chi connectivity index (χ2n) is 9.53. The summed E-state index contributed by atoms with van der Waals surface area (Å²) in [5, 5.41) is 0. The van der Waals surface area contributed by atoms with Gasteiger partial charge < -0.3 is 4.43 Å². The molecule has 0 amide bonds. The number of alkyl halides is 3. The maximum atomic E-state index is 13.4. The highest BCUT2D eigenvalue weighted by Crippen LogP contribution is 2.36. The number of aryl methyl sites for hydroxylation is 1. The summed E-state index contributed by atoms with van der Waals surface area (Å²) >= 11 is 0. The van der Waals surface area contributed by atoms with Crippen molar-refractivity contribution >= 4 is 31.1 Å². The van der Waals surface area contributed by atoms with Gasteiger partial charge in [-0.1, -0.05) is 36.4 Å². The van der Waals surface area contributed by atoms with Gasteiger partial charge in [-0.2, -0.15) is 13.2 Å². The number of hydrogen-bond acceptors (Lipinski definition) is 4. The van der Waals surface area contributed by atoms with Crippen LogP contribution in [-0.4, -0.2) is 31.3 Å². The molecule has 36 heavy (non-hydrogen) atoms. The Morgan fingerprint density at radius 2 is 1.50 bits per heavy atom. The molecule has 0 N–H and O–H groups in total. The lowest BCUT2D eigenvalue weighted by atomic mass is 10.1. The van der Waals surface area contributed by atoms with Gasteiger partial charge in [0.1, 0.15) is 0 Å². The van der Waals surface area contributed by atoms with Gasteiger partial charge in [0.25, 0.3) is 0 Å². The van der Waals surface area contributed by atoms with Crippen LogP contribution >= 0.6 is 0 Å². The molecule has 0 atom stereocenters. The first-order chi connectivity index (χ1) is 16.9. The van der Waals surface area contributed by atoms with Crippen LogP contribution in [0.25, 0.3) is 0 Å². The van der Waals surface area contributed by atoms with Crippen molar-refractivity contribution in [3.05, 3.63) is 89.2 Å². The molecule has 3 rings (SSSR count). The molecule has 3 aromatic rings. The molecule has 1 heterocycles. The molecule has 0 unspecified atom stereocenters. The van der Waals surface area contributed by atoms with Gasteiger partial charge in [-0.25, -0.2) is 4.98 Å². The zero-order chi connectivity index (χ0) is 26.3. The van der Waals surface area contributed by atoms with Gasteiger partial charge in [-0.15, -0.1) is 0 Å². The van der Waals surface area contributed by atoms with E-state index in [2.05, 4.69) is 24.6 Å². The summed E-state index contributed by atoms with van der Waals surface area (Å²) in [4.78, 5) is 13.9. The summed E-state index contributed by atoms with van der Waals surface area (Å²) in [6, 6.07) is 18.6. The third-order valence-corrected chi connectivity index (χ3v) is 6.45. The van der Waals surface area contributed by atoms with E-state index < -0.39 is 20.1 Å². The SMILES string of the molecule is CC(=Nc1ccccc1C(F)(F)F)c1cccc(C(CCCO[Si](C)(C)C)=Nc2ccccc2C)n1. The highest BCUT2D eigenvalue weighted by atomic mass is 28.4. The second kappa shape index (κ2) is 11.8. The van der Waals surface area contributed by atoms with Crippen molar-refractivity contribution in [1.82, 2.24) is 4.98 Å². The quantitative estimate of drug-likeness (QED) is 0.165. The Kier molecular flexibility index (Phi) is 8.97. The second-order valence-corrected chi connectivity index (χ2v) is 14.0. The van der Waals surface area contributed by atoms with Gasteiger partial charge in [0.15, 0.2) is 8.32 Å². The lowest BCUT2D eigenvalue weighted by molar-refractivity contribution is -0.137. The number of aliphatic imine (C=N–C) groups is 2. The van der Waals surface area contributed by atoms with Crippen molar-refractivity contribution in [2.24, 2.45) is 9.98 Å². The molecule has 0 bridgehead atoms. The number of para-hydroxylation sites is 2. The van der Waals surface area contributed by atoms with E-state index >= 15 is 0 Å². The van der Waals surface area contributed by atoms with Gasteiger partial charge in [-0.3, -0.25) is 9.98 Å². The topological polar surface area (TPSA) is 46.8 Å². The summed E-state index contributed by atoms with van der Waals surface area (Å²) < 4.78 is 46.3. The molecule has 2 aromatic carbocycles. The van der Waals surface area contributed by atoms with E-state index in [1.807, 2.05) is 43.3 Å². The van der Waals surface area contributed by atoms with Crippen molar-refractivity contribution in [2.45, 2.75) is 52.5 Å². The maximum Gasteiger partial charge on any atom is 0.418 e. The Bertz CT molecular complexity index is 1250. The van der Waals surface area contributed by atoms with Crippen molar-refractivity contribution in [3.8, 4) is 0 Å². The average molecular weight is 512 g/mol. The molecule has 0 fully saturated rings. The number of hydrogen-bond donors (Lipinski definition) is 0. The Morgan fingerprint density at radius 1 is 0.861 bits per heavy atom. The Balaban J connectivity index is 1.95. The summed E-state index contributed by atoms with van der Waals surface area (Å²) in [5.41, 5.74) is 3.36. The number of benzene rings is 2. The highest BCUT2D eigenvalue weighted by Gasteiger charge is 2.33. The minimum atomic E-state index is -4.49. The van der Waals surface area contributed by atoms with Crippen molar-refractivity contribution in [1.29, 1.82) is 0 Å². The van der Waals surface area contributed by atoms with E-state index in [-0.39, 0.29) is 5.69 Å². The molecule has 8 heteroatoms. The molecule has 0 saturated carbocycles. The lowest BCUT2D eigenvalue weighted by Crippen LogP contribution is -2.26. The molecule has 190 valence electrons. The van der Waals surface area contributed by atoms with E-state index in [0.29, 0.717) is 30.1 Å². The molecule has 0 saturated heterocycles. The standard InChI is InChI=1S/C28H32F3N3OSi/c1-20-12-6-8-14-23(20)33-27(18-11-19-35-36(3,4)5)26-17-10-16-24(34-26)21(2)32-25-15-9-7-13-22(25)28(29,30)31/h6-10,12-17H,11,18-19H2,1-5H3. The van der Waals surface area contributed by atoms with Crippen LogP contribution in [0.4, 0.5) is 24.5 Å². The van der Waals surface area contributed by atoms with Crippen molar-refractivity contribution in [2.75, 3.05) is 6.61 Å². The minimum absolute atomic E-state index is 0.132. The number of nitrogens with zero attached hydrogens (tertiary/aromatic N) is 3. The smallest absolute Gasteiger partial charge is 0.418 e. The molecular weight excluding hydrogens is 479 g/mol. The van der Waals surface area contributed by atoms with Crippen LogP contribution in [0.15, 0.2) is 76.7 Å². The number of rotatable bonds is 9. The van der Waals surface area contributed by atoms with Gasteiger partial charge >= 0.3 is 6.18 Å². The molecule has 0 aliphatic carbocycles. The first-order valence-electron chi connectivity index (χ1n) is 11.9. The Morgan fingerprint density at radius 3 is 2.17 bits per heavy atom. The third kappa shape index (κ3) is 7.96. The third-order valence-electron chi connectivity index (χ3n) is 5.38. The van der Waals surface area contributed by atoms with Gasteiger partial charge in [0, 0.05) is 6.61 Å². The van der Waals surface area contributed by atoms with Crippen LogP contribution in [0.5, 0.6) is 0 Å². The fraction of sp³-hybridized carbons (Fsp3) is 0.321. The predicted molar refractivity (Wildman–Crippen MR) is 143 cm³/mol. The molecule has 4 nitrogen and oxygen atoms in total. The summed E-state index contributed by atoms with van der Waals surface area (Å²) in [6.45, 7) is 10.8.